The smallest absolute Gasteiger partial charge is 0.131 e. The van der Waals surface area contributed by atoms with Crippen molar-refractivity contribution in [1.29, 1.82) is 0 Å². The summed E-state index contributed by atoms with van der Waals surface area (Å²) in [5, 5.41) is 4.15. The zero-order valence-corrected chi connectivity index (χ0v) is 14.1. The molecule has 0 spiro atoms. The second-order valence-electron chi connectivity index (χ2n) is 5.87. The van der Waals surface area contributed by atoms with Crippen molar-refractivity contribution >= 4 is 23.2 Å². The molecule has 0 saturated carbocycles. The fourth-order valence-electron chi connectivity index (χ4n) is 2.83. The van der Waals surface area contributed by atoms with Crippen LogP contribution in [-0.2, 0) is 10.3 Å². The Morgan fingerprint density at radius 1 is 1.22 bits per heavy atom. The van der Waals surface area contributed by atoms with Gasteiger partial charge in [-0.05, 0) is 48.4 Å². The molecule has 23 heavy (non-hydrogen) atoms. The van der Waals surface area contributed by atoms with Crippen molar-refractivity contribution < 1.29 is 9.13 Å². The molecule has 6 heteroatoms. The van der Waals surface area contributed by atoms with Crippen LogP contribution in [0.4, 0.5) is 4.39 Å². The van der Waals surface area contributed by atoms with Gasteiger partial charge in [-0.1, -0.05) is 29.3 Å². The molecule has 2 aromatic carbocycles. The van der Waals surface area contributed by atoms with Gasteiger partial charge in [-0.25, -0.2) is 4.39 Å². The third kappa shape index (κ3) is 3.52. The molecule has 3 N–H and O–H groups in total. The molecule has 2 aromatic rings. The number of nitrogens with one attached hydrogen (secondary N) is 1. The highest BCUT2D eigenvalue weighted by atomic mass is 35.5. The fraction of sp³-hybridized carbons (Fsp3) is 0.294. The first kappa shape index (κ1) is 16.7. The molecule has 1 aliphatic heterocycles. The average Bonchev–Trinajstić information content (AvgIpc) is 2.46. The van der Waals surface area contributed by atoms with Crippen LogP contribution in [-0.4, -0.2) is 19.3 Å². The lowest BCUT2D eigenvalue weighted by Gasteiger charge is -2.38. The van der Waals surface area contributed by atoms with Gasteiger partial charge in [-0.3, -0.25) is 0 Å². The summed E-state index contributed by atoms with van der Waals surface area (Å²) in [6.45, 7) is 3.12. The van der Waals surface area contributed by atoms with E-state index in [-0.39, 0.29) is 5.82 Å². The van der Waals surface area contributed by atoms with Gasteiger partial charge in [0.1, 0.15) is 17.6 Å². The maximum Gasteiger partial charge on any atom is 0.131 e. The van der Waals surface area contributed by atoms with Gasteiger partial charge < -0.3 is 15.8 Å². The van der Waals surface area contributed by atoms with Gasteiger partial charge in [0.2, 0.25) is 0 Å². The van der Waals surface area contributed by atoms with Gasteiger partial charge in [0, 0.05) is 28.7 Å². The predicted octanol–water partition coefficient (Wildman–Crippen LogP) is 3.92. The first-order valence-electron chi connectivity index (χ1n) is 7.28. The van der Waals surface area contributed by atoms with Gasteiger partial charge in [0.05, 0.1) is 0 Å². The van der Waals surface area contributed by atoms with Crippen LogP contribution in [0.25, 0.3) is 11.1 Å². The molecule has 1 saturated heterocycles. The average molecular weight is 355 g/mol. The zero-order valence-electron chi connectivity index (χ0n) is 12.6. The molecule has 122 valence electrons. The highest BCUT2D eigenvalue weighted by Crippen LogP contribution is 2.34. The summed E-state index contributed by atoms with van der Waals surface area (Å²) >= 11 is 12.1. The third-order valence-corrected chi connectivity index (χ3v) is 4.41. The highest BCUT2D eigenvalue weighted by molar-refractivity contribution is 6.35. The van der Waals surface area contributed by atoms with Crippen molar-refractivity contribution in [3.8, 4) is 11.1 Å². The van der Waals surface area contributed by atoms with Crippen molar-refractivity contribution in [3.05, 3.63) is 57.8 Å². The summed E-state index contributed by atoms with van der Waals surface area (Å²) in [5.41, 5.74) is 7.14. The van der Waals surface area contributed by atoms with E-state index in [1.165, 1.54) is 6.07 Å². The third-order valence-electron chi connectivity index (χ3n) is 3.97. The number of nitrogens with two attached hydrogens (primary N) is 1. The maximum atomic E-state index is 14.3. The number of rotatable bonds is 2. The van der Waals surface area contributed by atoms with E-state index < -0.39 is 11.8 Å². The van der Waals surface area contributed by atoms with Gasteiger partial charge in [0.25, 0.3) is 0 Å². The molecular formula is C17H17Cl2FN2O. The Balaban J connectivity index is 2.05. The van der Waals surface area contributed by atoms with Crippen LogP contribution in [0.15, 0.2) is 36.4 Å². The number of ether oxygens (including phenoxy) is 1. The highest BCUT2D eigenvalue weighted by Gasteiger charge is 2.33. The van der Waals surface area contributed by atoms with Crippen LogP contribution in [0.2, 0.25) is 10.0 Å². The van der Waals surface area contributed by atoms with E-state index in [1.807, 2.05) is 6.92 Å². The van der Waals surface area contributed by atoms with Crippen molar-refractivity contribution in [2.45, 2.75) is 18.8 Å². The lowest BCUT2D eigenvalue weighted by atomic mass is 9.91. The topological polar surface area (TPSA) is 47.3 Å². The first-order chi connectivity index (χ1) is 10.9. The number of benzene rings is 2. The molecule has 1 heterocycles. The summed E-state index contributed by atoms with van der Waals surface area (Å²) in [6, 6.07) is 9.88. The van der Waals surface area contributed by atoms with Crippen LogP contribution in [0.1, 0.15) is 12.5 Å². The Kier molecular flexibility index (Phi) is 4.63. The molecule has 3 rings (SSSR count). The van der Waals surface area contributed by atoms with Gasteiger partial charge in [-0.2, -0.15) is 0 Å². The van der Waals surface area contributed by atoms with Gasteiger partial charge >= 0.3 is 0 Å². The Hall–Kier alpha value is -1.17. The standard InChI is InChI=1S/C17H17Cl2FN2O/c1-17(9-22-8-16(21)23-17)11-2-3-15(20)14(6-11)10-4-12(18)7-13(19)5-10/h2-7,16,22H,8-9,21H2,1H3. The maximum absolute atomic E-state index is 14.3. The molecule has 0 amide bonds. The molecular weight excluding hydrogens is 338 g/mol. The summed E-state index contributed by atoms with van der Waals surface area (Å²) in [6.07, 6.45) is -0.400. The summed E-state index contributed by atoms with van der Waals surface area (Å²) in [4.78, 5) is 0. The molecule has 1 aliphatic rings. The van der Waals surface area contributed by atoms with E-state index in [0.29, 0.717) is 34.3 Å². The normalized spacial score (nSPS) is 24.7. The number of hydrogen-bond acceptors (Lipinski definition) is 3. The first-order valence-corrected chi connectivity index (χ1v) is 8.04. The fourth-order valence-corrected chi connectivity index (χ4v) is 3.35. The Labute approximate surface area is 144 Å². The van der Waals surface area contributed by atoms with E-state index in [2.05, 4.69) is 5.32 Å². The minimum atomic E-state index is -0.623. The van der Waals surface area contributed by atoms with Gasteiger partial charge in [-0.15, -0.1) is 0 Å². The molecule has 1 fully saturated rings. The summed E-state index contributed by atoms with van der Waals surface area (Å²) in [5.74, 6) is -0.344. The SMILES string of the molecule is CC1(c2ccc(F)c(-c3cc(Cl)cc(Cl)c3)c2)CNCC(N)O1. The molecule has 0 radical (unpaired) electrons. The van der Waals surface area contributed by atoms with E-state index in [0.717, 1.165) is 5.56 Å². The second kappa shape index (κ2) is 6.38. The molecule has 2 unspecified atom stereocenters. The van der Waals surface area contributed by atoms with Crippen LogP contribution in [0, 0.1) is 5.82 Å². The minimum absolute atomic E-state index is 0.344. The zero-order chi connectivity index (χ0) is 16.6. The summed E-state index contributed by atoms with van der Waals surface area (Å²) < 4.78 is 20.2. The lowest BCUT2D eigenvalue weighted by Crippen LogP contribution is -2.53. The molecule has 0 bridgehead atoms. The number of morpholine rings is 1. The Morgan fingerprint density at radius 3 is 2.57 bits per heavy atom. The van der Waals surface area contributed by atoms with Gasteiger partial charge in [0.15, 0.2) is 0 Å². The Morgan fingerprint density at radius 2 is 1.91 bits per heavy atom. The van der Waals surface area contributed by atoms with E-state index >= 15 is 0 Å². The monoisotopic (exact) mass is 354 g/mol. The quantitative estimate of drug-likeness (QED) is 0.859. The number of hydrogen-bond donors (Lipinski definition) is 2. The van der Waals surface area contributed by atoms with Crippen LogP contribution in [0.3, 0.4) is 0 Å². The minimum Gasteiger partial charge on any atom is -0.350 e. The van der Waals surface area contributed by atoms with Crippen molar-refractivity contribution in [2.75, 3.05) is 13.1 Å². The molecule has 0 aliphatic carbocycles. The largest absolute Gasteiger partial charge is 0.350 e. The Bertz CT molecular complexity index is 720. The van der Waals surface area contributed by atoms with Crippen molar-refractivity contribution in [2.24, 2.45) is 5.73 Å². The molecule has 3 nitrogen and oxygen atoms in total. The van der Waals surface area contributed by atoms with E-state index in [4.69, 9.17) is 33.7 Å². The lowest BCUT2D eigenvalue weighted by molar-refractivity contribution is -0.107. The predicted molar refractivity (Wildman–Crippen MR) is 91.1 cm³/mol. The van der Waals surface area contributed by atoms with Crippen molar-refractivity contribution in [1.82, 2.24) is 5.32 Å². The molecule has 0 aromatic heterocycles. The van der Waals surface area contributed by atoms with Crippen molar-refractivity contribution in [3.63, 3.8) is 0 Å². The van der Waals surface area contributed by atoms with Crippen LogP contribution < -0.4 is 11.1 Å². The summed E-state index contributed by atoms with van der Waals surface area (Å²) in [7, 11) is 0. The molecule has 2 atom stereocenters. The second-order valence-corrected chi connectivity index (χ2v) is 6.74. The van der Waals surface area contributed by atoms with Crippen LogP contribution in [0.5, 0.6) is 0 Å². The van der Waals surface area contributed by atoms with Crippen LogP contribution >= 0.6 is 23.2 Å². The number of halogens is 3. The van der Waals surface area contributed by atoms with E-state index in [1.54, 1.807) is 30.3 Å². The van der Waals surface area contributed by atoms with E-state index in [9.17, 15) is 4.39 Å².